The Labute approximate surface area is 560 Å². The second-order valence-corrected chi connectivity index (χ2v) is 25.4. The molecule has 0 fully saturated rings. The number of para-hydroxylation sites is 2. The summed E-state index contributed by atoms with van der Waals surface area (Å²) in [4.78, 5) is 5.16. The Kier molecular flexibility index (Phi) is 13.1. The molecule has 0 radical (unpaired) electrons. The van der Waals surface area contributed by atoms with E-state index in [1.54, 1.807) is 0 Å². The van der Waals surface area contributed by atoms with E-state index in [0.29, 0.717) is 0 Å². The highest BCUT2D eigenvalue weighted by molar-refractivity contribution is 7.02. The molecule has 0 amide bonds. The summed E-state index contributed by atoms with van der Waals surface area (Å²) < 4.78 is 15.2. The zero-order chi connectivity index (χ0) is 63.2. The Morgan fingerprint density at radius 3 is 1.01 bits per heavy atom. The lowest BCUT2D eigenvalue weighted by molar-refractivity contribution is 0.487. The molecule has 0 atom stereocenters. The molecule has 0 aliphatic carbocycles. The summed E-state index contributed by atoms with van der Waals surface area (Å²) in [6.45, 7) is -0.507. The van der Waals surface area contributed by atoms with E-state index in [4.69, 9.17) is 9.47 Å². The van der Waals surface area contributed by atoms with Gasteiger partial charge in [-0.05, 0) is 148 Å². The average molecular weight is 1220 g/mol. The van der Waals surface area contributed by atoms with Crippen molar-refractivity contribution in [3.8, 4) is 112 Å². The van der Waals surface area contributed by atoms with Crippen LogP contribution in [0.25, 0.3) is 89.0 Å². The van der Waals surface area contributed by atoms with Crippen molar-refractivity contribution < 1.29 is 9.47 Å². The van der Waals surface area contributed by atoms with Gasteiger partial charge >= 0.3 is 0 Å². The van der Waals surface area contributed by atoms with Gasteiger partial charge in [0.1, 0.15) is 23.0 Å². The summed E-state index contributed by atoms with van der Waals surface area (Å²) in [6.07, 6.45) is 0. The molecule has 96 heavy (non-hydrogen) atoms. The van der Waals surface area contributed by atoms with Gasteiger partial charge in [0.05, 0.1) is 11.4 Å². The van der Waals surface area contributed by atoms with E-state index < -0.39 is 0 Å². The number of nitrogens with zero attached hydrogens (tertiary/aromatic N) is 2. The van der Waals surface area contributed by atoms with Gasteiger partial charge in [-0.3, -0.25) is 0 Å². The van der Waals surface area contributed by atoms with Crippen LogP contribution in [0, 0.1) is 0 Å². The highest BCUT2D eigenvalue weighted by atomic mass is 16.5. The highest BCUT2D eigenvalue weighted by Gasteiger charge is 2.48. The smallest absolute Gasteiger partial charge is 0.256 e. The van der Waals surface area contributed by atoms with Crippen LogP contribution in [0.3, 0.4) is 0 Å². The zero-order valence-corrected chi connectivity index (χ0v) is 52.4. The maximum atomic E-state index is 7.94. The molecule has 4 heterocycles. The topological polar surface area (TPSA) is 24.9 Å². The minimum atomic E-state index is -0.282. The Bertz CT molecular complexity index is 5410. The summed E-state index contributed by atoms with van der Waals surface area (Å²) in [7, 11) is 0. The number of rotatable bonds is 10. The SMILES string of the molecule is c1ccc(-c2cc(-c3ccccc3)c(N3c4cc(-c5ccccc5)ccc4B4c5cc6c(cc5Oc5cc(-c7ccccc7)cc3c54)N(c3c(-c4ccccc4)cccc3-c3ccccc3)c3cc(-c4ccccc4)cc4c3B6c3ccccc3O4)c(-c3ccccc3)c2)cc1. The summed E-state index contributed by atoms with van der Waals surface area (Å²) >= 11 is 0. The molecule has 0 N–H and O–H groups in total. The fourth-order valence-corrected chi connectivity index (χ4v) is 15.7. The first-order valence-corrected chi connectivity index (χ1v) is 33.1. The van der Waals surface area contributed by atoms with Gasteiger partial charge in [-0.25, -0.2) is 0 Å². The first-order valence-electron chi connectivity index (χ1n) is 33.1. The van der Waals surface area contributed by atoms with Crippen LogP contribution in [0.4, 0.5) is 34.1 Å². The molecule has 4 aliphatic rings. The van der Waals surface area contributed by atoms with Crippen molar-refractivity contribution in [3.63, 3.8) is 0 Å². The predicted molar refractivity (Wildman–Crippen MR) is 402 cm³/mol. The van der Waals surface area contributed by atoms with Gasteiger partial charge in [0.25, 0.3) is 13.4 Å². The normalized spacial score (nSPS) is 12.7. The van der Waals surface area contributed by atoms with Gasteiger partial charge in [-0.1, -0.05) is 297 Å². The van der Waals surface area contributed by atoms with Crippen molar-refractivity contribution in [2.45, 2.75) is 0 Å². The lowest BCUT2D eigenvalue weighted by Gasteiger charge is -2.44. The Morgan fingerprint density at radius 2 is 0.542 bits per heavy atom. The molecule has 0 unspecified atom stereocenters. The van der Waals surface area contributed by atoms with Gasteiger partial charge in [0.15, 0.2) is 0 Å². The van der Waals surface area contributed by atoms with Gasteiger partial charge in [0.2, 0.25) is 0 Å². The zero-order valence-electron chi connectivity index (χ0n) is 52.4. The van der Waals surface area contributed by atoms with Crippen LogP contribution in [-0.4, -0.2) is 13.4 Å². The lowest BCUT2D eigenvalue weighted by atomic mass is 9.31. The maximum Gasteiger partial charge on any atom is 0.256 e. The van der Waals surface area contributed by atoms with E-state index in [2.05, 4.69) is 362 Å². The molecular formula is C90H58B2N2O2. The number of anilines is 6. The van der Waals surface area contributed by atoms with Gasteiger partial charge in [-0.15, -0.1) is 0 Å². The van der Waals surface area contributed by atoms with E-state index in [0.717, 1.165) is 168 Å². The van der Waals surface area contributed by atoms with Crippen LogP contribution >= 0.6 is 0 Å². The number of benzene rings is 15. The quantitative estimate of drug-likeness (QED) is 0.127. The van der Waals surface area contributed by atoms with E-state index in [1.165, 1.54) is 10.9 Å². The van der Waals surface area contributed by atoms with Crippen molar-refractivity contribution in [3.05, 3.63) is 352 Å². The van der Waals surface area contributed by atoms with Crippen LogP contribution in [-0.2, 0) is 0 Å². The minimum absolute atomic E-state index is 0.225. The molecule has 0 bridgehead atoms. The molecule has 446 valence electrons. The molecule has 0 spiro atoms. The number of fused-ring (bicyclic) bond motifs is 8. The summed E-state index contributed by atoms with van der Waals surface area (Å²) in [5, 5.41) is 0. The average Bonchev–Trinajstić information content (AvgIpc) is 0.694. The second-order valence-electron chi connectivity index (χ2n) is 25.4. The summed E-state index contributed by atoms with van der Waals surface area (Å²) in [6, 6.07) is 129. The van der Waals surface area contributed by atoms with Crippen LogP contribution in [0.1, 0.15) is 0 Å². The molecule has 15 aromatic carbocycles. The largest absolute Gasteiger partial charge is 0.458 e. The van der Waals surface area contributed by atoms with Crippen molar-refractivity contribution in [1.29, 1.82) is 0 Å². The van der Waals surface area contributed by atoms with Crippen LogP contribution in [0.15, 0.2) is 352 Å². The van der Waals surface area contributed by atoms with E-state index in [1.807, 2.05) is 0 Å². The highest BCUT2D eigenvalue weighted by Crippen LogP contribution is 2.54. The molecule has 4 aliphatic heterocycles. The Balaban J connectivity index is 0.933. The number of ether oxygens (including phenoxy) is 2. The monoisotopic (exact) mass is 1220 g/mol. The van der Waals surface area contributed by atoms with E-state index in [-0.39, 0.29) is 13.4 Å². The lowest BCUT2D eigenvalue weighted by Crippen LogP contribution is -2.63. The molecule has 0 aromatic heterocycles. The molecule has 4 nitrogen and oxygen atoms in total. The number of hydrogen-bond donors (Lipinski definition) is 0. The van der Waals surface area contributed by atoms with Crippen molar-refractivity contribution >= 4 is 80.3 Å². The van der Waals surface area contributed by atoms with E-state index in [9.17, 15) is 0 Å². The van der Waals surface area contributed by atoms with Crippen LogP contribution in [0.2, 0.25) is 0 Å². The van der Waals surface area contributed by atoms with Gasteiger partial charge in [0, 0.05) is 51.1 Å². The Hall–Kier alpha value is -12.4. The fourth-order valence-electron chi connectivity index (χ4n) is 15.7. The molecule has 15 aromatic rings. The van der Waals surface area contributed by atoms with Crippen molar-refractivity contribution in [2.24, 2.45) is 0 Å². The van der Waals surface area contributed by atoms with Crippen molar-refractivity contribution in [2.75, 3.05) is 9.80 Å². The first-order chi connectivity index (χ1) is 47.6. The Morgan fingerprint density at radius 1 is 0.188 bits per heavy atom. The molecule has 6 heteroatoms. The number of hydrogen-bond acceptors (Lipinski definition) is 4. The third-order valence-corrected chi connectivity index (χ3v) is 19.9. The molecular weight excluding hydrogens is 1160 g/mol. The van der Waals surface area contributed by atoms with Crippen LogP contribution < -0.4 is 52.1 Å². The minimum Gasteiger partial charge on any atom is -0.458 e. The van der Waals surface area contributed by atoms with Crippen LogP contribution in [0.5, 0.6) is 23.0 Å². The third kappa shape index (κ3) is 9.09. The molecule has 0 saturated heterocycles. The van der Waals surface area contributed by atoms with Gasteiger partial charge in [-0.2, -0.15) is 0 Å². The first kappa shape index (κ1) is 55.3. The summed E-state index contributed by atoms with van der Waals surface area (Å²) in [5.74, 6) is 3.32. The van der Waals surface area contributed by atoms with Crippen molar-refractivity contribution in [1.82, 2.24) is 0 Å². The standard InChI is InChI=1S/C90H58B2N2O2/c1-9-28-59(29-10-1)67-48-49-75-79(52-67)93(90-73(65-40-21-7-22-41-65)50-68(60-30-11-2-12-31-60)51-74(90)66-42-23-8-24-43-66)81-53-70(62-34-15-4-16-35-62)56-86-87(81)91(75)78-57-77-80(58-84(78)96-86)94(89-71(63-36-17-5-18-37-63)44-27-45-72(89)64-38-19-6-20-39-64)82-54-69(61-32-13-3-14-33-61)55-85-88(82)92(77)76-46-25-26-47-83(76)95-85/h1-58H. The molecule has 19 rings (SSSR count). The predicted octanol–water partition coefficient (Wildman–Crippen LogP) is 19.8. The maximum absolute atomic E-state index is 7.94. The third-order valence-electron chi connectivity index (χ3n) is 19.9. The summed E-state index contributed by atoms with van der Waals surface area (Å²) in [5.41, 5.74) is 31.0. The van der Waals surface area contributed by atoms with E-state index >= 15 is 0 Å². The fraction of sp³-hybridized carbons (Fsp3) is 0. The van der Waals surface area contributed by atoms with Gasteiger partial charge < -0.3 is 19.3 Å². The molecule has 0 saturated carbocycles. The second kappa shape index (κ2) is 22.7.